The van der Waals surface area contributed by atoms with Crippen molar-refractivity contribution >= 4 is 5.91 Å². The van der Waals surface area contributed by atoms with Crippen molar-refractivity contribution in [3.63, 3.8) is 0 Å². The zero-order valence-corrected chi connectivity index (χ0v) is 10.1. The first-order chi connectivity index (χ1) is 8.65. The van der Waals surface area contributed by atoms with Crippen LogP contribution >= 0.6 is 0 Å². The van der Waals surface area contributed by atoms with Gasteiger partial charge in [-0.15, -0.1) is 0 Å². The van der Waals surface area contributed by atoms with E-state index in [9.17, 15) is 9.59 Å². The maximum absolute atomic E-state index is 11.7. The van der Waals surface area contributed by atoms with E-state index in [0.29, 0.717) is 31.6 Å². The van der Waals surface area contributed by atoms with Gasteiger partial charge in [-0.25, -0.2) is 0 Å². The zero-order valence-electron chi connectivity index (χ0n) is 10.1. The fraction of sp³-hybridized carbons (Fsp3) is 0.455. The van der Waals surface area contributed by atoms with Crippen molar-refractivity contribution in [2.24, 2.45) is 5.11 Å². The fourth-order valence-electron chi connectivity index (χ4n) is 1.40. The Kier molecular flexibility index (Phi) is 5.47. The van der Waals surface area contributed by atoms with E-state index in [4.69, 9.17) is 5.53 Å². The van der Waals surface area contributed by atoms with Gasteiger partial charge in [0.05, 0.1) is 0 Å². The minimum atomic E-state index is -0.389. The van der Waals surface area contributed by atoms with Gasteiger partial charge in [0.25, 0.3) is 11.5 Å². The van der Waals surface area contributed by atoms with Gasteiger partial charge in [0, 0.05) is 23.7 Å². The van der Waals surface area contributed by atoms with Crippen LogP contribution in [0.5, 0.6) is 0 Å². The molecule has 1 rings (SSSR count). The van der Waals surface area contributed by atoms with Gasteiger partial charge in [0.15, 0.2) is 0 Å². The van der Waals surface area contributed by atoms with Crippen LogP contribution in [0.15, 0.2) is 22.0 Å². The molecule has 0 spiro atoms. The molecule has 0 radical (unpaired) electrons. The number of hydrogen-bond acceptors (Lipinski definition) is 3. The van der Waals surface area contributed by atoms with Crippen molar-refractivity contribution in [3.05, 3.63) is 44.2 Å². The number of H-pyrrole nitrogens is 1. The van der Waals surface area contributed by atoms with Gasteiger partial charge < -0.3 is 10.3 Å². The van der Waals surface area contributed by atoms with Gasteiger partial charge in [0.1, 0.15) is 5.56 Å². The largest absolute Gasteiger partial charge is 0.352 e. The molecule has 0 saturated heterocycles. The van der Waals surface area contributed by atoms with Crippen LogP contribution in [0.25, 0.3) is 10.4 Å². The van der Waals surface area contributed by atoms with Crippen LogP contribution in [-0.4, -0.2) is 24.0 Å². The summed E-state index contributed by atoms with van der Waals surface area (Å²) in [5.41, 5.74) is 8.50. The number of carbonyl (C=O) groups excluding carboxylic acids is 1. The smallest absolute Gasteiger partial charge is 0.260 e. The number of hydrogen-bond donors (Lipinski definition) is 2. The van der Waals surface area contributed by atoms with Crippen LogP contribution in [0.2, 0.25) is 0 Å². The molecule has 2 N–H and O–H groups in total. The lowest BCUT2D eigenvalue weighted by molar-refractivity contribution is 0.0951. The molecule has 1 aromatic rings. The van der Waals surface area contributed by atoms with Crippen molar-refractivity contribution in [1.29, 1.82) is 0 Å². The minimum absolute atomic E-state index is 0.107. The Morgan fingerprint density at radius 1 is 1.50 bits per heavy atom. The second-order valence-corrected chi connectivity index (χ2v) is 3.80. The van der Waals surface area contributed by atoms with Crippen molar-refractivity contribution in [2.75, 3.05) is 13.1 Å². The molecule has 0 aliphatic rings. The number of rotatable bonds is 6. The number of nitrogens with zero attached hydrogens (tertiary/aromatic N) is 3. The first kappa shape index (κ1) is 13.8. The number of pyridine rings is 1. The molecule has 0 aromatic carbocycles. The third kappa shape index (κ3) is 4.31. The summed E-state index contributed by atoms with van der Waals surface area (Å²) >= 11 is 0. The number of azide groups is 1. The van der Waals surface area contributed by atoms with E-state index in [1.54, 1.807) is 13.0 Å². The first-order valence-electron chi connectivity index (χ1n) is 5.64. The minimum Gasteiger partial charge on any atom is -0.352 e. The molecule has 0 aliphatic heterocycles. The molecule has 7 nitrogen and oxygen atoms in total. The normalized spacial score (nSPS) is 9.61. The molecule has 18 heavy (non-hydrogen) atoms. The van der Waals surface area contributed by atoms with Crippen LogP contribution in [0, 0.1) is 6.92 Å². The zero-order chi connectivity index (χ0) is 13.4. The molecule has 0 unspecified atom stereocenters. The van der Waals surface area contributed by atoms with Crippen molar-refractivity contribution < 1.29 is 4.79 Å². The number of aryl methyl sites for hydroxylation is 1. The van der Waals surface area contributed by atoms with E-state index in [2.05, 4.69) is 20.3 Å². The number of aromatic nitrogens is 1. The van der Waals surface area contributed by atoms with Gasteiger partial charge >= 0.3 is 0 Å². The fourth-order valence-corrected chi connectivity index (χ4v) is 1.40. The van der Waals surface area contributed by atoms with Crippen LogP contribution in [0.3, 0.4) is 0 Å². The predicted octanol–water partition coefficient (Wildman–Crippen LogP) is 1.50. The number of amides is 1. The summed E-state index contributed by atoms with van der Waals surface area (Å²) in [6, 6.07) is 3.18. The molecule has 0 bridgehead atoms. The Morgan fingerprint density at radius 2 is 2.28 bits per heavy atom. The van der Waals surface area contributed by atoms with Crippen molar-refractivity contribution in [1.82, 2.24) is 10.3 Å². The Labute approximate surface area is 104 Å². The average Bonchev–Trinajstić information content (AvgIpc) is 2.33. The topological polar surface area (TPSA) is 111 Å². The second-order valence-electron chi connectivity index (χ2n) is 3.80. The third-order valence-electron chi connectivity index (χ3n) is 2.33. The van der Waals surface area contributed by atoms with E-state index in [1.165, 1.54) is 6.07 Å². The lowest BCUT2D eigenvalue weighted by atomic mass is 10.2. The number of unbranched alkanes of at least 4 members (excludes halogenated alkanes) is 1. The number of aromatic amines is 1. The molecule has 96 valence electrons. The maximum atomic E-state index is 11.7. The van der Waals surface area contributed by atoms with E-state index in [1.807, 2.05) is 0 Å². The number of carbonyl (C=O) groups is 1. The molecule has 1 amide bonds. The highest BCUT2D eigenvalue weighted by Crippen LogP contribution is 1.94. The highest BCUT2D eigenvalue weighted by Gasteiger charge is 2.08. The molecule has 0 aliphatic carbocycles. The van der Waals surface area contributed by atoms with Crippen LogP contribution in [0.4, 0.5) is 0 Å². The van der Waals surface area contributed by atoms with Crippen LogP contribution in [0.1, 0.15) is 28.9 Å². The highest BCUT2D eigenvalue weighted by atomic mass is 16.2. The third-order valence-corrected chi connectivity index (χ3v) is 2.33. The van der Waals surface area contributed by atoms with E-state index in [-0.39, 0.29) is 17.0 Å². The van der Waals surface area contributed by atoms with Gasteiger partial charge in [-0.1, -0.05) is 5.11 Å². The average molecular weight is 249 g/mol. The quantitative estimate of drug-likeness (QED) is 0.344. The molecule has 0 fully saturated rings. The van der Waals surface area contributed by atoms with Gasteiger partial charge in [-0.3, -0.25) is 9.59 Å². The predicted molar refractivity (Wildman–Crippen MR) is 67.4 cm³/mol. The summed E-state index contributed by atoms with van der Waals surface area (Å²) in [7, 11) is 0. The summed E-state index contributed by atoms with van der Waals surface area (Å²) < 4.78 is 0. The lowest BCUT2D eigenvalue weighted by Crippen LogP contribution is -2.30. The van der Waals surface area contributed by atoms with E-state index in [0.717, 1.165) is 0 Å². The number of nitrogens with one attached hydrogen (secondary N) is 2. The first-order valence-corrected chi connectivity index (χ1v) is 5.64. The highest BCUT2D eigenvalue weighted by molar-refractivity contribution is 5.93. The van der Waals surface area contributed by atoms with Crippen molar-refractivity contribution in [3.8, 4) is 0 Å². The molecule has 7 heteroatoms. The molecule has 0 atom stereocenters. The standard InChI is InChI=1S/C11H15N5O2/c1-8-4-5-9(11(18)15-8)10(17)13-6-2-3-7-14-16-12/h4-5H,2-3,6-7H2,1H3,(H,13,17)(H,15,18). The summed E-state index contributed by atoms with van der Waals surface area (Å²) in [6.07, 6.45) is 1.41. The van der Waals surface area contributed by atoms with E-state index >= 15 is 0 Å². The Balaban J connectivity index is 2.41. The van der Waals surface area contributed by atoms with Gasteiger partial charge in [-0.05, 0) is 37.4 Å². The molecular formula is C11H15N5O2. The van der Waals surface area contributed by atoms with Crippen molar-refractivity contribution in [2.45, 2.75) is 19.8 Å². The lowest BCUT2D eigenvalue weighted by Gasteiger charge is -2.04. The SMILES string of the molecule is Cc1ccc(C(=O)NCCCCN=[N+]=[N-])c(=O)[nH]1. The summed E-state index contributed by atoms with van der Waals surface area (Å²) in [5.74, 6) is -0.389. The van der Waals surface area contributed by atoms with Crippen LogP contribution < -0.4 is 10.9 Å². The Bertz CT molecular complexity index is 516. The molecular weight excluding hydrogens is 234 g/mol. The summed E-state index contributed by atoms with van der Waals surface area (Å²) in [5, 5.41) is 6.03. The van der Waals surface area contributed by atoms with Crippen LogP contribution in [-0.2, 0) is 0 Å². The summed E-state index contributed by atoms with van der Waals surface area (Å²) in [4.78, 5) is 28.3. The Hall–Kier alpha value is -2.27. The van der Waals surface area contributed by atoms with Gasteiger partial charge in [-0.2, -0.15) is 0 Å². The molecule has 1 aromatic heterocycles. The molecule has 1 heterocycles. The maximum Gasteiger partial charge on any atom is 0.260 e. The second kappa shape index (κ2) is 7.13. The summed E-state index contributed by atoms with van der Waals surface area (Å²) in [6.45, 7) is 2.61. The Morgan fingerprint density at radius 3 is 2.94 bits per heavy atom. The monoisotopic (exact) mass is 249 g/mol. The van der Waals surface area contributed by atoms with Gasteiger partial charge in [0.2, 0.25) is 0 Å². The molecule has 0 saturated carbocycles. The van der Waals surface area contributed by atoms with E-state index < -0.39 is 0 Å².